The molecule has 0 unspecified atom stereocenters. The van der Waals surface area contributed by atoms with Crippen LogP contribution in [-0.4, -0.2) is 0 Å². The summed E-state index contributed by atoms with van der Waals surface area (Å²) in [7, 11) is 0. The number of aryl methyl sites for hydroxylation is 3. The van der Waals surface area contributed by atoms with Crippen LogP contribution in [0.15, 0.2) is 72.8 Å². The highest BCUT2D eigenvalue weighted by molar-refractivity contribution is 5.86. The highest BCUT2D eigenvalue weighted by atomic mass is 14.6. The van der Waals surface area contributed by atoms with Crippen LogP contribution in [0.4, 0.5) is 5.69 Å². The van der Waals surface area contributed by atoms with E-state index in [9.17, 15) is 0 Å². The molecule has 3 aromatic rings. The lowest BCUT2D eigenvalue weighted by atomic mass is 9.93. The molecule has 3 rings (SSSR count). The van der Waals surface area contributed by atoms with E-state index in [2.05, 4.69) is 87.5 Å². The lowest BCUT2D eigenvalue weighted by Crippen LogP contribution is -1.97. The minimum atomic E-state index is 0.821. The third-order valence-electron chi connectivity index (χ3n) is 4.52. The average molecular weight is 327 g/mol. The van der Waals surface area contributed by atoms with Crippen LogP contribution in [-0.2, 0) is 6.42 Å². The van der Waals surface area contributed by atoms with E-state index in [1.165, 1.54) is 33.4 Å². The van der Waals surface area contributed by atoms with Gasteiger partial charge < -0.3 is 5.73 Å². The molecule has 1 nitrogen and oxygen atoms in total. The van der Waals surface area contributed by atoms with Gasteiger partial charge in [0.05, 0.1) is 0 Å². The molecular weight excluding hydrogens is 302 g/mol. The van der Waals surface area contributed by atoms with E-state index in [0.717, 1.165) is 17.7 Å². The van der Waals surface area contributed by atoms with Gasteiger partial charge in [-0.15, -0.1) is 0 Å². The van der Waals surface area contributed by atoms with Crippen molar-refractivity contribution in [3.63, 3.8) is 0 Å². The number of rotatable bonds is 4. The smallest absolute Gasteiger partial charge is 0.0394 e. The zero-order valence-electron chi connectivity index (χ0n) is 15.2. The first-order chi connectivity index (χ1) is 12.0. The molecule has 0 bridgehead atoms. The van der Waals surface area contributed by atoms with Gasteiger partial charge in [-0.25, -0.2) is 0 Å². The molecule has 1 heteroatoms. The maximum Gasteiger partial charge on any atom is 0.0394 e. The molecule has 0 saturated carbocycles. The first kappa shape index (κ1) is 17.0. The van der Waals surface area contributed by atoms with Crippen molar-refractivity contribution in [2.45, 2.75) is 27.2 Å². The fourth-order valence-corrected chi connectivity index (χ4v) is 2.96. The normalized spacial score (nSPS) is 11.6. The molecular formula is C24H25N. The van der Waals surface area contributed by atoms with E-state index in [0.29, 0.717) is 0 Å². The number of nitrogens with two attached hydrogens (primary N) is 1. The number of anilines is 1. The molecule has 0 amide bonds. The van der Waals surface area contributed by atoms with Gasteiger partial charge in [0.1, 0.15) is 0 Å². The van der Waals surface area contributed by atoms with Crippen molar-refractivity contribution in [3.8, 4) is 0 Å². The van der Waals surface area contributed by atoms with Gasteiger partial charge in [0.25, 0.3) is 0 Å². The van der Waals surface area contributed by atoms with Crippen LogP contribution in [0, 0.1) is 20.8 Å². The molecule has 0 aliphatic heterocycles. The zero-order valence-corrected chi connectivity index (χ0v) is 15.2. The summed E-state index contributed by atoms with van der Waals surface area (Å²) in [6, 6.07) is 23.6. The average Bonchev–Trinajstić information content (AvgIpc) is 2.61. The highest BCUT2D eigenvalue weighted by Crippen LogP contribution is 2.29. The van der Waals surface area contributed by atoms with Gasteiger partial charge in [0.15, 0.2) is 0 Å². The van der Waals surface area contributed by atoms with E-state index in [4.69, 9.17) is 5.73 Å². The summed E-state index contributed by atoms with van der Waals surface area (Å²) in [4.78, 5) is 0. The third-order valence-corrected chi connectivity index (χ3v) is 4.52. The zero-order chi connectivity index (χ0) is 17.8. The Morgan fingerprint density at radius 1 is 0.760 bits per heavy atom. The second kappa shape index (κ2) is 7.40. The largest absolute Gasteiger partial charge is 0.398 e. The van der Waals surface area contributed by atoms with Gasteiger partial charge in [0.2, 0.25) is 0 Å². The summed E-state index contributed by atoms with van der Waals surface area (Å²) in [6.07, 6.45) is 3.18. The molecule has 0 aliphatic rings. The van der Waals surface area contributed by atoms with Crippen LogP contribution in [0.25, 0.3) is 5.57 Å². The van der Waals surface area contributed by atoms with Gasteiger partial charge in [-0.1, -0.05) is 77.4 Å². The molecule has 0 radical (unpaired) electrons. The van der Waals surface area contributed by atoms with Crippen molar-refractivity contribution >= 4 is 11.3 Å². The topological polar surface area (TPSA) is 26.0 Å². The molecule has 25 heavy (non-hydrogen) atoms. The van der Waals surface area contributed by atoms with E-state index in [1.54, 1.807) is 0 Å². The van der Waals surface area contributed by atoms with E-state index < -0.39 is 0 Å². The summed E-state index contributed by atoms with van der Waals surface area (Å²) < 4.78 is 0. The number of hydrogen-bond donors (Lipinski definition) is 1. The first-order valence-electron chi connectivity index (χ1n) is 8.72. The Morgan fingerprint density at radius 3 is 1.96 bits per heavy atom. The van der Waals surface area contributed by atoms with Gasteiger partial charge >= 0.3 is 0 Å². The van der Waals surface area contributed by atoms with Crippen molar-refractivity contribution in [2.75, 3.05) is 5.73 Å². The molecule has 3 aromatic carbocycles. The monoisotopic (exact) mass is 327 g/mol. The van der Waals surface area contributed by atoms with Crippen LogP contribution >= 0.6 is 0 Å². The lowest BCUT2D eigenvalue weighted by Gasteiger charge is -2.13. The summed E-state index contributed by atoms with van der Waals surface area (Å²) in [5.41, 5.74) is 15.7. The van der Waals surface area contributed by atoms with Crippen molar-refractivity contribution in [1.29, 1.82) is 0 Å². The second-order valence-electron chi connectivity index (χ2n) is 6.76. The van der Waals surface area contributed by atoms with Gasteiger partial charge in [-0.2, -0.15) is 0 Å². The number of nitrogen functional groups attached to an aromatic ring is 1. The SMILES string of the molecule is Cc1ccc(C/C=C(/c2ccc(C)cc2)c2cc(C)ccc2N)cc1. The maximum absolute atomic E-state index is 6.31. The summed E-state index contributed by atoms with van der Waals surface area (Å²) >= 11 is 0. The predicted molar refractivity (Wildman–Crippen MR) is 109 cm³/mol. The van der Waals surface area contributed by atoms with E-state index in [1.807, 2.05) is 6.07 Å². The van der Waals surface area contributed by atoms with Crippen molar-refractivity contribution in [3.05, 3.63) is 106 Å². The molecule has 126 valence electrons. The van der Waals surface area contributed by atoms with Crippen molar-refractivity contribution < 1.29 is 0 Å². The van der Waals surface area contributed by atoms with Crippen molar-refractivity contribution in [2.24, 2.45) is 0 Å². The van der Waals surface area contributed by atoms with Crippen LogP contribution in [0.5, 0.6) is 0 Å². The van der Waals surface area contributed by atoms with Crippen LogP contribution in [0.1, 0.15) is 33.4 Å². The fourth-order valence-electron chi connectivity index (χ4n) is 2.96. The Morgan fingerprint density at radius 2 is 1.32 bits per heavy atom. The number of benzene rings is 3. The molecule has 0 heterocycles. The van der Waals surface area contributed by atoms with Gasteiger partial charge in [-0.05, 0) is 56.0 Å². The second-order valence-corrected chi connectivity index (χ2v) is 6.76. The number of hydrogen-bond acceptors (Lipinski definition) is 1. The van der Waals surface area contributed by atoms with E-state index in [-0.39, 0.29) is 0 Å². The van der Waals surface area contributed by atoms with Crippen LogP contribution < -0.4 is 5.73 Å². The van der Waals surface area contributed by atoms with Crippen LogP contribution in [0.3, 0.4) is 0 Å². The van der Waals surface area contributed by atoms with Crippen molar-refractivity contribution in [1.82, 2.24) is 0 Å². The molecule has 0 atom stereocenters. The maximum atomic E-state index is 6.31. The van der Waals surface area contributed by atoms with Crippen LogP contribution in [0.2, 0.25) is 0 Å². The van der Waals surface area contributed by atoms with Gasteiger partial charge in [-0.3, -0.25) is 0 Å². The molecule has 0 fully saturated rings. The Labute approximate surface area is 150 Å². The minimum absolute atomic E-state index is 0.821. The standard InChI is InChI=1S/C24H25N/c1-17-4-9-20(10-5-17)11-14-22(21-12-6-18(2)7-13-21)23-16-19(3)8-15-24(23)25/h4-10,12-16H,11,25H2,1-3H3/b22-14-. The summed E-state index contributed by atoms with van der Waals surface area (Å²) in [5, 5.41) is 0. The summed E-state index contributed by atoms with van der Waals surface area (Å²) in [6.45, 7) is 6.33. The molecule has 0 aliphatic carbocycles. The Balaban J connectivity index is 2.04. The molecule has 2 N–H and O–H groups in total. The Bertz CT molecular complexity index is 884. The quantitative estimate of drug-likeness (QED) is 0.596. The predicted octanol–water partition coefficient (Wildman–Crippen LogP) is 5.87. The van der Waals surface area contributed by atoms with Gasteiger partial charge in [0, 0.05) is 11.3 Å². The molecule has 0 aromatic heterocycles. The molecule has 0 saturated heterocycles. The molecule has 0 spiro atoms. The Kier molecular flexibility index (Phi) is 5.04. The van der Waals surface area contributed by atoms with E-state index >= 15 is 0 Å². The summed E-state index contributed by atoms with van der Waals surface area (Å²) in [5.74, 6) is 0. The number of allylic oxidation sites excluding steroid dienone is 1. The third kappa shape index (κ3) is 4.19. The first-order valence-corrected chi connectivity index (χ1v) is 8.72. The lowest BCUT2D eigenvalue weighted by molar-refractivity contribution is 1.25. The fraction of sp³-hybridized carbons (Fsp3) is 0.167. The Hall–Kier alpha value is -2.80. The minimum Gasteiger partial charge on any atom is -0.398 e. The highest BCUT2D eigenvalue weighted by Gasteiger charge is 2.09.